The van der Waals surface area contributed by atoms with E-state index in [1.807, 2.05) is 24.8 Å². The molecule has 4 aliphatic rings. The van der Waals surface area contributed by atoms with E-state index in [4.69, 9.17) is 0 Å². The first-order valence-electron chi connectivity index (χ1n) is 27.0. The van der Waals surface area contributed by atoms with E-state index in [2.05, 4.69) is 41.9 Å². The summed E-state index contributed by atoms with van der Waals surface area (Å²) in [6.45, 7) is 3.36. The third kappa shape index (κ3) is 13.7. The summed E-state index contributed by atoms with van der Waals surface area (Å²) in [6, 6.07) is 25.9. The van der Waals surface area contributed by atoms with E-state index in [0.29, 0.717) is 70.8 Å². The lowest BCUT2D eigenvalue weighted by Gasteiger charge is -2.29. The number of fused-ring (bicyclic) bond motifs is 5. The zero-order valence-electron chi connectivity index (χ0n) is 44.5. The van der Waals surface area contributed by atoms with Crippen LogP contribution >= 0.6 is 11.8 Å². The van der Waals surface area contributed by atoms with Crippen LogP contribution in [-0.4, -0.2) is 131 Å². The Bertz CT molecular complexity index is 3460. The summed E-state index contributed by atoms with van der Waals surface area (Å²) in [4.78, 5) is 68.7. The monoisotopic (exact) mass is 1150 g/mol. The summed E-state index contributed by atoms with van der Waals surface area (Å²) < 4.78 is 59.3. The molecule has 0 radical (unpaired) electrons. The number of rotatable bonds is 23. The quantitative estimate of drug-likeness (QED) is 0.0268. The fourth-order valence-electron chi connectivity index (χ4n) is 10.3. The van der Waals surface area contributed by atoms with Crippen molar-refractivity contribution in [2.45, 2.75) is 134 Å². The number of hydrogen-bond acceptors (Lipinski definition) is 14. The van der Waals surface area contributed by atoms with Gasteiger partial charge in [0.25, 0.3) is 0 Å². The standard InChI is InChI=1S/C57H66N10O10S3/c1-36-32-66(80(76,77)45-17-12-16-44(29-45)79(74,75)50-19-11-15-41-28-42(36)30-59-53(41)50)34-48(68)37(2)67-33-43(64-65-67)31-60-56(72)46(27-38-22-24-40(25-23-38)55(71)39-13-5-3-6-14-39)61-52(70)21-7-4-10-26-58-51(69)20-9-8-18-49-54-47(35-78-49)62-57(73)63-54/h3,5-6,11-17,19,22-25,28-30,33,36-37,46-49,54,68H,4,7-10,18,20-21,26-27,31-32,34-35H2,1-2H3,(H,58,69)(H,60,72)(H,61,70)(H2,62,63,73)/t36?,37-,46-,47-,48?,49-,54-/m0/s1. The van der Waals surface area contributed by atoms with Crippen LogP contribution in [0, 0.1) is 0 Å². The molecule has 2 saturated heterocycles. The maximum Gasteiger partial charge on any atom is 0.315 e. The molecule has 6 N–H and O–H groups in total. The molecule has 23 heteroatoms. The Labute approximate surface area is 469 Å². The second-order valence-electron chi connectivity index (χ2n) is 20.8. The van der Waals surface area contributed by atoms with Gasteiger partial charge in [-0.1, -0.05) is 97.8 Å². The molecule has 6 aromatic rings. The van der Waals surface area contributed by atoms with Crippen molar-refractivity contribution in [2.75, 3.05) is 25.4 Å². The lowest BCUT2D eigenvalue weighted by Crippen LogP contribution is -2.47. The average molecular weight is 1150 g/mol. The Morgan fingerprint density at radius 1 is 0.825 bits per heavy atom. The van der Waals surface area contributed by atoms with Gasteiger partial charge >= 0.3 is 6.03 Å². The number of aromatic nitrogens is 4. The molecule has 0 aliphatic carbocycles. The van der Waals surface area contributed by atoms with Gasteiger partial charge in [0.1, 0.15) is 11.7 Å². The lowest BCUT2D eigenvalue weighted by atomic mass is 9.99. The number of amides is 5. The van der Waals surface area contributed by atoms with Crippen LogP contribution in [0.3, 0.4) is 0 Å². The number of hydrogen-bond donors (Lipinski definition) is 6. The molecule has 4 aromatic carbocycles. The number of thioether (sulfide) groups is 1. The van der Waals surface area contributed by atoms with Gasteiger partial charge in [0.15, 0.2) is 5.78 Å². The number of nitrogens with one attached hydrogen (secondary N) is 5. The maximum atomic E-state index is 14.5. The SMILES string of the molecule is CC1CN(CC(O)[C@H](C)n2cc(CNC(=O)[C@H](Cc3ccc(C(=O)c4ccccc4)cc3)NC(=O)CCCCCNC(=O)CCCC[C@@H]3SC[C@@H]4NC(=O)N[C@@H]43)nn2)S(=O)(=O)c2cccc(c2)S(=O)(=O)c2cccc3cc1cnc23. The Hall–Kier alpha value is -7.05. The van der Waals surface area contributed by atoms with Crippen LogP contribution in [0.15, 0.2) is 130 Å². The summed E-state index contributed by atoms with van der Waals surface area (Å²) in [7, 11) is -8.60. The van der Waals surface area contributed by atoms with Crippen molar-refractivity contribution in [3.05, 3.63) is 143 Å². The molecule has 2 unspecified atom stereocenters. The molecule has 0 saturated carbocycles. The Morgan fingerprint density at radius 2 is 1.56 bits per heavy atom. The van der Waals surface area contributed by atoms with E-state index < -0.39 is 56.4 Å². The molecular formula is C57H66N10O10S3. The Balaban J connectivity index is 0.795. The van der Waals surface area contributed by atoms with Gasteiger partial charge in [0.05, 0.1) is 57.2 Å². The average Bonchev–Trinajstić information content (AvgIpc) is 4.23. The fourth-order valence-corrected chi connectivity index (χ4v) is 15.0. The summed E-state index contributed by atoms with van der Waals surface area (Å²) in [6.07, 6.45) is 6.84. The third-order valence-corrected chi connectivity index (χ3v) is 20.1. The van der Waals surface area contributed by atoms with Crippen LogP contribution in [-0.2, 0) is 47.2 Å². The van der Waals surface area contributed by atoms with Gasteiger partial charge in [-0.2, -0.15) is 16.1 Å². The number of carbonyl (C=O) groups excluding carboxylic acids is 5. The van der Waals surface area contributed by atoms with Crippen LogP contribution in [0.5, 0.6) is 0 Å². The number of sulfonamides is 1. The molecule has 4 aliphatic heterocycles. The first-order chi connectivity index (χ1) is 38.4. The number of nitrogens with zero attached hydrogens (tertiary/aromatic N) is 5. The molecule has 422 valence electrons. The highest BCUT2D eigenvalue weighted by molar-refractivity contribution is 8.00. The van der Waals surface area contributed by atoms with Gasteiger partial charge in [-0.25, -0.2) is 26.3 Å². The highest BCUT2D eigenvalue weighted by atomic mass is 32.2. The van der Waals surface area contributed by atoms with Crippen molar-refractivity contribution in [3.8, 4) is 0 Å². The van der Waals surface area contributed by atoms with Gasteiger partial charge in [-0.05, 0) is 80.0 Å². The molecule has 5 amide bonds. The van der Waals surface area contributed by atoms with E-state index in [-0.39, 0.29) is 81.8 Å². The molecule has 20 nitrogen and oxygen atoms in total. The largest absolute Gasteiger partial charge is 0.390 e. The van der Waals surface area contributed by atoms with Crippen molar-refractivity contribution in [1.82, 2.24) is 50.9 Å². The number of urea groups is 1. The Kier molecular flexibility index (Phi) is 18.4. The molecule has 7 atom stereocenters. The zero-order chi connectivity index (χ0) is 56.6. The molecule has 0 spiro atoms. The van der Waals surface area contributed by atoms with Gasteiger partial charge < -0.3 is 31.7 Å². The molecule has 2 aromatic heterocycles. The van der Waals surface area contributed by atoms with Gasteiger partial charge in [-0.3, -0.25) is 24.2 Å². The van der Waals surface area contributed by atoms with Crippen LogP contribution in [0.2, 0.25) is 0 Å². The summed E-state index contributed by atoms with van der Waals surface area (Å²) in [5.74, 6) is -0.558. The smallest absolute Gasteiger partial charge is 0.315 e. The topological polar surface area (TPSA) is 281 Å². The number of ketones is 1. The Morgan fingerprint density at radius 3 is 2.36 bits per heavy atom. The maximum absolute atomic E-state index is 14.5. The number of carbonyl (C=O) groups is 5. The molecule has 6 heterocycles. The number of aliphatic hydroxyl groups excluding tert-OH is 1. The minimum Gasteiger partial charge on any atom is -0.390 e. The molecule has 6 bridgehead atoms. The predicted molar refractivity (Wildman–Crippen MR) is 301 cm³/mol. The number of aliphatic hydroxyl groups is 1. The minimum atomic E-state index is -4.40. The van der Waals surface area contributed by atoms with E-state index in [1.165, 1.54) is 35.1 Å². The van der Waals surface area contributed by atoms with Crippen molar-refractivity contribution in [2.24, 2.45) is 0 Å². The van der Waals surface area contributed by atoms with E-state index >= 15 is 0 Å². The fraction of sp³-hybridized carbons (Fsp3) is 0.404. The van der Waals surface area contributed by atoms with Crippen LogP contribution in [0.4, 0.5) is 4.79 Å². The van der Waals surface area contributed by atoms with Crippen LogP contribution in [0.1, 0.15) is 110 Å². The lowest BCUT2D eigenvalue weighted by molar-refractivity contribution is -0.129. The predicted octanol–water partition coefficient (Wildman–Crippen LogP) is 5.37. The van der Waals surface area contributed by atoms with Crippen LogP contribution < -0.4 is 26.6 Å². The van der Waals surface area contributed by atoms with E-state index in [9.17, 15) is 45.9 Å². The molecule has 80 heavy (non-hydrogen) atoms. The zero-order valence-corrected chi connectivity index (χ0v) is 46.9. The summed E-state index contributed by atoms with van der Waals surface area (Å²) in [5, 5.41) is 35.7. The van der Waals surface area contributed by atoms with E-state index in [0.717, 1.165) is 35.4 Å². The van der Waals surface area contributed by atoms with Gasteiger partial charge in [0, 0.05) is 72.6 Å². The number of unbranched alkanes of at least 4 members (excludes halogenated alkanes) is 3. The normalized spacial score (nSPS) is 20.3. The minimum absolute atomic E-state index is 0.0208. The molecular weight excluding hydrogens is 1080 g/mol. The summed E-state index contributed by atoms with van der Waals surface area (Å²) in [5.41, 5.74) is 2.94. The first-order valence-corrected chi connectivity index (χ1v) is 31.0. The summed E-state index contributed by atoms with van der Waals surface area (Å²) >= 11 is 1.86. The second kappa shape index (κ2) is 25.6. The highest BCUT2D eigenvalue weighted by Gasteiger charge is 2.42. The number of sulfone groups is 1. The second-order valence-corrected chi connectivity index (χ2v) is 25.9. The van der Waals surface area contributed by atoms with Crippen molar-refractivity contribution in [1.29, 1.82) is 0 Å². The molecule has 2 fully saturated rings. The highest BCUT2D eigenvalue weighted by Crippen LogP contribution is 2.35. The van der Waals surface area contributed by atoms with Crippen molar-refractivity contribution < 1.29 is 45.9 Å². The molecule has 10 rings (SSSR count). The number of para-hydroxylation sites is 1. The number of pyridine rings is 1. The number of benzene rings is 4. The van der Waals surface area contributed by atoms with Gasteiger partial charge in [-0.15, -0.1) is 5.10 Å². The van der Waals surface area contributed by atoms with Crippen LogP contribution in [0.25, 0.3) is 10.9 Å². The third-order valence-electron chi connectivity index (χ3n) is 15.0. The van der Waals surface area contributed by atoms with E-state index in [1.54, 1.807) is 79.9 Å². The first kappa shape index (κ1) is 57.6. The van der Waals surface area contributed by atoms with Crippen molar-refractivity contribution >= 4 is 72.1 Å². The van der Waals surface area contributed by atoms with Gasteiger partial charge in [0.2, 0.25) is 37.6 Å². The van der Waals surface area contributed by atoms with Crippen molar-refractivity contribution in [3.63, 3.8) is 0 Å².